The Labute approximate surface area is 107 Å². The molecule has 1 aliphatic carbocycles. The lowest BCUT2D eigenvalue weighted by atomic mass is 9.81. The van der Waals surface area contributed by atoms with Crippen LogP contribution < -0.4 is 10.6 Å². The number of carboxylic acids is 1. The van der Waals surface area contributed by atoms with Gasteiger partial charge in [0, 0.05) is 12.0 Å². The minimum Gasteiger partial charge on any atom is -0.481 e. The highest BCUT2D eigenvalue weighted by atomic mass is 16.4. The van der Waals surface area contributed by atoms with Gasteiger partial charge in [-0.05, 0) is 45.2 Å². The number of carbonyl (C=O) groups is 2. The maximum Gasteiger partial charge on any atom is 0.306 e. The molecule has 2 fully saturated rings. The predicted molar refractivity (Wildman–Crippen MR) is 67.1 cm³/mol. The standard InChI is InChI=1S/C13H22N2O3/c16-12(15-11-4-6-14-7-5-11)9-2-1-3-10(8-9)13(17)18/h9-11,14H,1-8H2,(H,15,16)(H,17,18). The molecule has 1 saturated carbocycles. The maximum atomic E-state index is 12.1. The van der Waals surface area contributed by atoms with E-state index in [0.717, 1.165) is 38.8 Å². The normalized spacial score (nSPS) is 29.8. The number of carboxylic acid groups (broad SMARTS) is 1. The third-order valence-electron chi connectivity index (χ3n) is 4.08. The van der Waals surface area contributed by atoms with Crippen LogP contribution in [0.5, 0.6) is 0 Å². The average molecular weight is 254 g/mol. The van der Waals surface area contributed by atoms with Crippen molar-refractivity contribution in [3.05, 3.63) is 0 Å². The molecule has 2 aliphatic rings. The van der Waals surface area contributed by atoms with E-state index in [1.54, 1.807) is 0 Å². The molecule has 0 bridgehead atoms. The minimum atomic E-state index is -0.755. The number of aliphatic carboxylic acids is 1. The number of nitrogens with one attached hydrogen (secondary N) is 2. The van der Waals surface area contributed by atoms with Crippen LogP contribution in [0.3, 0.4) is 0 Å². The van der Waals surface area contributed by atoms with Crippen molar-refractivity contribution >= 4 is 11.9 Å². The lowest BCUT2D eigenvalue weighted by Gasteiger charge is -2.29. The van der Waals surface area contributed by atoms with Gasteiger partial charge in [-0.3, -0.25) is 9.59 Å². The van der Waals surface area contributed by atoms with Crippen molar-refractivity contribution in [1.29, 1.82) is 0 Å². The first-order valence-corrected chi connectivity index (χ1v) is 6.90. The molecule has 2 rings (SSSR count). The molecule has 18 heavy (non-hydrogen) atoms. The lowest BCUT2D eigenvalue weighted by Crippen LogP contribution is -2.45. The van der Waals surface area contributed by atoms with Crippen LogP contribution in [-0.4, -0.2) is 36.1 Å². The number of carbonyl (C=O) groups excluding carboxylic acids is 1. The summed E-state index contributed by atoms with van der Waals surface area (Å²) in [5, 5.41) is 15.4. The molecule has 0 aromatic carbocycles. The average Bonchev–Trinajstić information content (AvgIpc) is 2.40. The molecule has 2 atom stereocenters. The van der Waals surface area contributed by atoms with Gasteiger partial charge in [-0.15, -0.1) is 0 Å². The predicted octanol–water partition coefficient (Wildman–Crippen LogP) is 0.746. The van der Waals surface area contributed by atoms with Gasteiger partial charge >= 0.3 is 5.97 Å². The highest BCUT2D eigenvalue weighted by Gasteiger charge is 2.31. The van der Waals surface area contributed by atoms with E-state index < -0.39 is 5.97 Å². The first kappa shape index (κ1) is 13.3. The van der Waals surface area contributed by atoms with E-state index in [0.29, 0.717) is 12.8 Å². The molecule has 1 aliphatic heterocycles. The topological polar surface area (TPSA) is 78.4 Å². The zero-order chi connectivity index (χ0) is 13.0. The summed E-state index contributed by atoms with van der Waals surface area (Å²) in [5.74, 6) is -1.13. The molecule has 0 radical (unpaired) electrons. The summed E-state index contributed by atoms with van der Waals surface area (Å²) in [6.45, 7) is 1.90. The Hall–Kier alpha value is -1.10. The summed E-state index contributed by atoms with van der Waals surface area (Å²) < 4.78 is 0. The van der Waals surface area contributed by atoms with Crippen LogP contribution in [0.1, 0.15) is 38.5 Å². The maximum absolute atomic E-state index is 12.1. The highest BCUT2D eigenvalue weighted by molar-refractivity contribution is 5.80. The molecule has 1 amide bonds. The number of rotatable bonds is 3. The van der Waals surface area contributed by atoms with Crippen molar-refractivity contribution in [3.8, 4) is 0 Å². The minimum absolute atomic E-state index is 0.0628. The molecule has 1 saturated heterocycles. The number of piperidine rings is 1. The summed E-state index contributed by atoms with van der Waals surface area (Å²) in [4.78, 5) is 23.1. The van der Waals surface area contributed by atoms with Gasteiger partial charge in [0.05, 0.1) is 5.92 Å². The van der Waals surface area contributed by atoms with Crippen molar-refractivity contribution in [2.24, 2.45) is 11.8 Å². The summed E-state index contributed by atoms with van der Waals surface area (Å²) in [5.41, 5.74) is 0. The zero-order valence-electron chi connectivity index (χ0n) is 10.7. The molecule has 2 unspecified atom stereocenters. The van der Waals surface area contributed by atoms with Gasteiger partial charge < -0.3 is 15.7 Å². The molecule has 0 aromatic heterocycles. The van der Waals surface area contributed by atoms with Gasteiger partial charge in [-0.2, -0.15) is 0 Å². The zero-order valence-corrected chi connectivity index (χ0v) is 10.7. The van der Waals surface area contributed by atoms with Gasteiger partial charge in [0.25, 0.3) is 0 Å². The summed E-state index contributed by atoms with van der Waals surface area (Å²) in [6, 6.07) is 0.268. The Kier molecular flexibility index (Phi) is 4.58. The van der Waals surface area contributed by atoms with Crippen molar-refractivity contribution < 1.29 is 14.7 Å². The highest BCUT2D eigenvalue weighted by Crippen LogP contribution is 2.29. The van der Waals surface area contributed by atoms with Gasteiger partial charge in [-0.1, -0.05) is 6.42 Å². The van der Waals surface area contributed by atoms with Gasteiger partial charge in [0.15, 0.2) is 0 Å². The van der Waals surface area contributed by atoms with Crippen LogP contribution in [0, 0.1) is 11.8 Å². The molecule has 1 heterocycles. The van der Waals surface area contributed by atoms with E-state index in [2.05, 4.69) is 10.6 Å². The second kappa shape index (κ2) is 6.18. The number of amides is 1. The number of hydrogen-bond acceptors (Lipinski definition) is 3. The third-order valence-corrected chi connectivity index (χ3v) is 4.08. The Morgan fingerprint density at radius 2 is 1.72 bits per heavy atom. The molecule has 3 N–H and O–H groups in total. The van der Waals surface area contributed by atoms with E-state index in [-0.39, 0.29) is 23.8 Å². The first-order valence-electron chi connectivity index (χ1n) is 6.90. The molecular weight excluding hydrogens is 232 g/mol. The van der Waals surface area contributed by atoms with E-state index in [1.807, 2.05) is 0 Å². The molecular formula is C13H22N2O3. The Balaban J connectivity index is 1.82. The number of hydrogen-bond donors (Lipinski definition) is 3. The molecule has 0 aromatic rings. The van der Waals surface area contributed by atoms with Crippen LogP contribution >= 0.6 is 0 Å². The third kappa shape index (κ3) is 3.45. The molecule has 5 heteroatoms. The van der Waals surface area contributed by atoms with Crippen LogP contribution in [0.2, 0.25) is 0 Å². The molecule has 102 valence electrons. The second-order valence-corrected chi connectivity index (χ2v) is 5.43. The second-order valence-electron chi connectivity index (χ2n) is 5.43. The fourth-order valence-corrected chi connectivity index (χ4v) is 2.94. The van der Waals surface area contributed by atoms with Crippen molar-refractivity contribution in [2.45, 2.75) is 44.6 Å². The summed E-state index contributed by atoms with van der Waals surface area (Å²) in [7, 11) is 0. The van der Waals surface area contributed by atoms with Crippen LogP contribution in [0.25, 0.3) is 0 Å². The van der Waals surface area contributed by atoms with Crippen LogP contribution in [-0.2, 0) is 9.59 Å². The first-order chi connectivity index (χ1) is 8.66. The molecule has 5 nitrogen and oxygen atoms in total. The van der Waals surface area contributed by atoms with Gasteiger partial charge in [-0.25, -0.2) is 0 Å². The quantitative estimate of drug-likeness (QED) is 0.694. The fourth-order valence-electron chi connectivity index (χ4n) is 2.94. The van der Waals surface area contributed by atoms with Crippen molar-refractivity contribution in [1.82, 2.24) is 10.6 Å². The van der Waals surface area contributed by atoms with E-state index in [9.17, 15) is 9.59 Å². The Morgan fingerprint density at radius 3 is 2.39 bits per heavy atom. The summed E-state index contributed by atoms with van der Waals surface area (Å²) in [6.07, 6.45) is 4.85. The Bertz CT molecular complexity index is 313. The van der Waals surface area contributed by atoms with E-state index in [1.165, 1.54) is 0 Å². The summed E-state index contributed by atoms with van der Waals surface area (Å²) >= 11 is 0. The molecule has 0 spiro atoms. The van der Waals surface area contributed by atoms with Crippen molar-refractivity contribution in [3.63, 3.8) is 0 Å². The van der Waals surface area contributed by atoms with E-state index in [4.69, 9.17) is 5.11 Å². The van der Waals surface area contributed by atoms with E-state index >= 15 is 0 Å². The van der Waals surface area contributed by atoms with Gasteiger partial charge in [0.1, 0.15) is 0 Å². The van der Waals surface area contributed by atoms with Crippen molar-refractivity contribution in [2.75, 3.05) is 13.1 Å². The fraction of sp³-hybridized carbons (Fsp3) is 0.846. The smallest absolute Gasteiger partial charge is 0.306 e. The van der Waals surface area contributed by atoms with Crippen LogP contribution in [0.15, 0.2) is 0 Å². The Morgan fingerprint density at radius 1 is 1.06 bits per heavy atom. The van der Waals surface area contributed by atoms with Gasteiger partial charge in [0.2, 0.25) is 5.91 Å². The monoisotopic (exact) mass is 254 g/mol. The SMILES string of the molecule is O=C(O)C1CCCC(C(=O)NC2CCNCC2)C1. The largest absolute Gasteiger partial charge is 0.481 e. The lowest BCUT2D eigenvalue weighted by molar-refractivity contribution is -0.144. The van der Waals surface area contributed by atoms with Crippen LogP contribution in [0.4, 0.5) is 0 Å².